The maximum Gasteiger partial charge on any atom is 0.0730 e. The van der Waals surface area contributed by atoms with Gasteiger partial charge in [-0.3, -0.25) is 0 Å². The summed E-state index contributed by atoms with van der Waals surface area (Å²) in [4.78, 5) is 4.80. The number of benzene rings is 2. The van der Waals surface area contributed by atoms with Gasteiger partial charge in [-0.1, -0.05) is 48.5 Å². The lowest BCUT2D eigenvalue weighted by Gasteiger charge is -2.11. The van der Waals surface area contributed by atoms with Crippen LogP contribution in [-0.4, -0.2) is 9.55 Å². The summed E-state index contributed by atoms with van der Waals surface area (Å²) in [6, 6.07) is 24.8. The summed E-state index contributed by atoms with van der Waals surface area (Å²) in [7, 11) is 0. The zero-order valence-electron chi connectivity index (χ0n) is 11.5. The Balaban J connectivity index is 2.03. The molecule has 2 heteroatoms. The van der Waals surface area contributed by atoms with Crippen molar-refractivity contribution in [3.8, 4) is 16.9 Å². The summed E-state index contributed by atoms with van der Waals surface area (Å²) in [5.41, 5.74) is 4.31. The molecule has 0 amide bonds. The number of hydrogen-bond acceptors (Lipinski definition) is 1. The van der Waals surface area contributed by atoms with Crippen molar-refractivity contribution in [2.45, 2.75) is 0 Å². The molecule has 21 heavy (non-hydrogen) atoms. The van der Waals surface area contributed by atoms with Crippen molar-refractivity contribution in [2.75, 3.05) is 0 Å². The van der Waals surface area contributed by atoms with Crippen LogP contribution < -0.4 is 0 Å². The molecule has 2 heterocycles. The van der Waals surface area contributed by atoms with Crippen molar-refractivity contribution in [3.05, 3.63) is 85.2 Å². The molecule has 0 aliphatic rings. The summed E-state index contributed by atoms with van der Waals surface area (Å²) in [6.07, 6.45) is 4.13. The molecule has 2 aromatic carbocycles. The summed E-state index contributed by atoms with van der Waals surface area (Å²) in [5, 5.41) is 1.16. The number of rotatable bonds is 2. The van der Waals surface area contributed by atoms with Crippen LogP contribution >= 0.6 is 0 Å². The lowest BCUT2D eigenvalue weighted by molar-refractivity contribution is 1.09. The van der Waals surface area contributed by atoms with Crippen LogP contribution in [-0.2, 0) is 0 Å². The van der Waals surface area contributed by atoms with Gasteiger partial charge in [0.05, 0.1) is 16.9 Å². The number of aromatic nitrogens is 2. The molecule has 0 atom stereocenters. The molecule has 0 N–H and O–H groups in total. The van der Waals surface area contributed by atoms with Crippen LogP contribution in [0.5, 0.6) is 0 Å². The molecule has 0 spiro atoms. The van der Waals surface area contributed by atoms with Gasteiger partial charge in [0, 0.05) is 23.3 Å². The van der Waals surface area contributed by atoms with Gasteiger partial charge in [-0.15, -0.1) is 0 Å². The molecule has 0 bridgehead atoms. The zero-order valence-corrected chi connectivity index (χ0v) is 11.5. The van der Waals surface area contributed by atoms with Gasteiger partial charge in [0.25, 0.3) is 0 Å². The van der Waals surface area contributed by atoms with E-state index < -0.39 is 0 Å². The molecular formula is C19H14N2. The molecular weight excluding hydrogens is 256 g/mol. The molecule has 100 valence electrons. The second-order valence-corrected chi connectivity index (χ2v) is 5.00. The van der Waals surface area contributed by atoms with Crippen molar-refractivity contribution in [1.29, 1.82) is 0 Å². The van der Waals surface area contributed by atoms with E-state index in [0.717, 1.165) is 27.8 Å². The minimum Gasteiger partial charge on any atom is -0.323 e. The zero-order chi connectivity index (χ0) is 14.1. The molecule has 2 nitrogen and oxygen atoms in total. The molecule has 4 aromatic rings. The largest absolute Gasteiger partial charge is 0.323 e. The summed E-state index contributed by atoms with van der Waals surface area (Å²) in [6.45, 7) is 0. The highest BCUT2D eigenvalue weighted by molar-refractivity contribution is 5.89. The van der Waals surface area contributed by atoms with Gasteiger partial charge in [0.15, 0.2) is 0 Å². The van der Waals surface area contributed by atoms with Gasteiger partial charge in [0.2, 0.25) is 0 Å². The van der Waals surface area contributed by atoms with Gasteiger partial charge in [-0.2, -0.15) is 0 Å². The first-order chi connectivity index (χ1) is 10.4. The van der Waals surface area contributed by atoms with Crippen LogP contribution in [0.3, 0.4) is 0 Å². The maximum atomic E-state index is 4.80. The third kappa shape index (κ3) is 2.11. The average molecular weight is 270 g/mol. The first-order valence-corrected chi connectivity index (χ1v) is 7.00. The van der Waals surface area contributed by atoms with E-state index in [0.29, 0.717) is 0 Å². The minimum absolute atomic E-state index is 0.998. The fourth-order valence-corrected chi connectivity index (χ4v) is 2.62. The molecule has 0 aliphatic carbocycles. The van der Waals surface area contributed by atoms with Crippen molar-refractivity contribution in [2.24, 2.45) is 0 Å². The SMILES string of the molecule is c1ccc(-c2cc(-n3cccc3)c3ccccc3n2)cc1. The third-order valence-electron chi connectivity index (χ3n) is 3.65. The molecule has 0 fully saturated rings. The van der Waals surface area contributed by atoms with Gasteiger partial charge in [-0.05, 0) is 24.3 Å². The first kappa shape index (κ1) is 11.9. The van der Waals surface area contributed by atoms with E-state index in [2.05, 4.69) is 53.4 Å². The number of hydrogen-bond donors (Lipinski definition) is 0. The van der Waals surface area contributed by atoms with Crippen LogP contribution in [0.15, 0.2) is 85.2 Å². The fourth-order valence-electron chi connectivity index (χ4n) is 2.62. The molecule has 0 radical (unpaired) electrons. The Morgan fingerprint density at radius 3 is 2.24 bits per heavy atom. The van der Waals surface area contributed by atoms with Crippen molar-refractivity contribution < 1.29 is 0 Å². The van der Waals surface area contributed by atoms with E-state index in [4.69, 9.17) is 4.98 Å². The predicted octanol–water partition coefficient (Wildman–Crippen LogP) is 4.69. The summed E-state index contributed by atoms with van der Waals surface area (Å²) >= 11 is 0. The lowest BCUT2D eigenvalue weighted by atomic mass is 10.1. The van der Waals surface area contributed by atoms with E-state index in [1.807, 2.05) is 36.4 Å². The molecule has 0 saturated carbocycles. The molecule has 0 saturated heterocycles. The quantitative estimate of drug-likeness (QED) is 0.516. The Morgan fingerprint density at radius 1 is 0.714 bits per heavy atom. The average Bonchev–Trinajstić information content (AvgIpc) is 3.09. The minimum atomic E-state index is 0.998. The Morgan fingerprint density at radius 2 is 1.43 bits per heavy atom. The first-order valence-electron chi connectivity index (χ1n) is 7.00. The van der Waals surface area contributed by atoms with Crippen LogP contribution in [0.25, 0.3) is 27.8 Å². The molecule has 0 aliphatic heterocycles. The van der Waals surface area contributed by atoms with Crippen molar-refractivity contribution in [1.82, 2.24) is 9.55 Å². The molecule has 0 unspecified atom stereocenters. The summed E-state index contributed by atoms with van der Waals surface area (Å²) in [5.74, 6) is 0. The fraction of sp³-hybridized carbons (Fsp3) is 0. The summed E-state index contributed by atoms with van der Waals surface area (Å²) < 4.78 is 2.14. The standard InChI is InChI=1S/C19H14N2/c1-2-8-15(9-3-1)18-14-19(21-12-6-7-13-21)16-10-4-5-11-17(16)20-18/h1-14H. The van der Waals surface area contributed by atoms with Crippen LogP contribution in [0.2, 0.25) is 0 Å². The van der Waals surface area contributed by atoms with E-state index >= 15 is 0 Å². The molecule has 2 aromatic heterocycles. The second-order valence-electron chi connectivity index (χ2n) is 5.00. The highest BCUT2D eigenvalue weighted by Crippen LogP contribution is 2.27. The van der Waals surface area contributed by atoms with Gasteiger partial charge in [-0.25, -0.2) is 4.98 Å². The van der Waals surface area contributed by atoms with Crippen molar-refractivity contribution >= 4 is 10.9 Å². The highest BCUT2D eigenvalue weighted by Gasteiger charge is 2.08. The number of nitrogens with zero attached hydrogens (tertiary/aromatic N) is 2. The lowest BCUT2D eigenvalue weighted by Crippen LogP contribution is -1.95. The molecule has 4 rings (SSSR count). The monoisotopic (exact) mass is 270 g/mol. The van der Waals surface area contributed by atoms with Gasteiger partial charge < -0.3 is 4.57 Å². The Labute approximate surface area is 123 Å². The number of pyridine rings is 1. The number of para-hydroxylation sites is 1. The number of fused-ring (bicyclic) bond motifs is 1. The maximum absolute atomic E-state index is 4.80. The Kier molecular flexibility index (Phi) is 2.79. The van der Waals surface area contributed by atoms with Crippen LogP contribution in [0.1, 0.15) is 0 Å². The van der Waals surface area contributed by atoms with Crippen molar-refractivity contribution in [3.63, 3.8) is 0 Å². The predicted molar refractivity (Wildman–Crippen MR) is 86.5 cm³/mol. The van der Waals surface area contributed by atoms with E-state index in [1.165, 1.54) is 0 Å². The smallest absolute Gasteiger partial charge is 0.0730 e. The van der Waals surface area contributed by atoms with E-state index in [1.54, 1.807) is 0 Å². The third-order valence-corrected chi connectivity index (χ3v) is 3.65. The van der Waals surface area contributed by atoms with Crippen LogP contribution in [0, 0.1) is 0 Å². The van der Waals surface area contributed by atoms with Gasteiger partial charge >= 0.3 is 0 Å². The second kappa shape index (κ2) is 4.91. The normalized spacial score (nSPS) is 10.9. The highest BCUT2D eigenvalue weighted by atomic mass is 14.9. The topological polar surface area (TPSA) is 17.8 Å². The Hall–Kier alpha value is -2.87. The van der Waals surface area contributed by atoms with E-state index in [-0.39, 0.29) is 0 Å². The van der Waals surface area contributed by atoms with Gasteiger partial charge in [0.1, 0.15) is 0 Å². The Bertz CT molecular complexity index is 878. The van der Waals surface area contributed by atoms with Crippen LogP contribution in [0.4, 0.5) is 0 Å². The van der Waals surface area contributed by atoms with E-state index in [9.17, 15) is 0 Å².